The number of aryl methyl sites for hydroxylation is 2. The van der Waals surface area contributed by atoms with Gasteiger partial charge in [-0.3, -0.25) is 9.29 Å². The van der Waals surface area contributed by atoms with E-state index in [1.165, 1.54) is 22.3 Å². The quantitative estimate of drug-likeness (QED) is 0.186. The number of alkyl halides is 4. The lowest BCUT2D eigenvalue weighted by Crippen LogP contribution is -2.26. The summed E-state index contributed by atoms with van der Waals surface area (Å²) in [5.41, 5.74) is 9.21. The second-order valence-electron chi connectivity index (χ2n) is 11.5. The molecule has 0 bridgehead atoms. The molecule has 1 fully saturated rings. The average molecular weight is 672 g/mol. The number of aromatic amines is 1. The average Bonchev–Trinajstić information content (AvgIpc) is 3.70. The number of carbonyl (C=O) groups is 1. The van der Waals surface area contributed by atoms with Gasteiger partial charge in [0.25, 0.3) is 0 Å². The van der Waals surface area contributed by atoms with Crippen molar-refractivity contribution in [3.05, 3.63) is 93.5 Å². The molecule has 1 saturated heterocycles. The van der Waals surface area contributed by atoms with E-state index < -0.39 is 12.1 Å². The third-order valence-electron chi connectivity index (χ3n) is 8.13. The maximum atomic E-state index is 12.6. The second-order valence-corrected chi connectivity index (χ2v) is 11.9. The first-order chi connectivity index (χ1) is 22.5. The summed E-state index contributed by atoms with van der Waals surface area (Å²) >= 11 is 6.85. The summed E-state index contributed by atoms with van der Waals surface area (Å²) in [5, 5.41) is 22.5. The van der Waals surface area contributed by atoms with Crippen LogP contribution in [0.15, 0.2) is 60.7 Å². The number of rotatable bonds is 8. The van der Waals surface area contributed by atoms with Crippen LogP contribution in [0.3, 0.4) is 0 Å². The van der Waals surface area contributed by atoms with Crippen LogP contribution in [0.25, 0.3) is 22.5 Å². The molecule has 47 heavy (non-hydrogen) atoms. The van der Waals surface area contributed by atoms with E-state index in [0.29, 0.717) is 12.2 Å². The van der Waals surface area contributed by atoms with Crippen LogP contribution in [0.4, 0.5) is 17.6 Å². The number of aliphatic carboxylic acids is 1. The molecule has 2 N–H and O–H groups in total. The first-order valence-corrected chi connectivity index (χ1v) is 15.6. The van der Waals surface area contributed by atoms with Gasteiger partial charge in [0.1, 0.15) is 11.9 Å². The van der Waals surface area contributed by atoms with E-state index in [-0.39, 0.29) is 12.8 Å². The molecule has 248 valence electrons. The van der Waals surface area contributed by atoms with Gasteiger partial charge < -0.3 is 9.84 Å². The van der Waals surface area contributed by atoms with E-state index in [1.807, 2.05) is 6.07 Å². The van der Waals surface area contributed by atoms with Crippen molar-refractivity contribution < 1.29 is 32.2 Å². The van der Waals surface area contributed by atoms with Crippen molar-refractivity contribution in [2.45, 2.75) is 51.3 Å². The van der Waals surface area contributed by atoms with Crippen molar-refractivity contribution in [3.63, 3.8) is 0 Å². The van der Waals surface area contributed by atoms with E-state index in [9.17, 15) is 17.6 Å². The zero-order valence-corrected chi connectivity index (χ0v) is 26.4. The van der Waals surface area contributed by atoms with Crippen LogP contribution in [0.1, 0.15) is 53.5 Å². The number of likely N-dealkylation sites (tertiary alicyclic amines) is 1. The van der Waals surface area contributed by atoms with Gasteiger partial charge in [0.05, 0.1) is 6.67 Å². The van der Waals surface area contributed by atoms with Crippen molar-refractivity contribution >= 4 is 28.7 Å². The fraction of sp³-hybridized carbons (Fsp3) is 0.353. The molecule has 0 amide bonds. The monoisotopic (exact) mass is 671 g/mol. The predicted molar refractivity (Wildman–Crippen MR) is 171 cm³/mol. The van der Waals surface area contributed by atoms with Gasteiger partial charge in [0.15, 0.2) is 0 Å². The highest BCUT2D eigenvalue weighted by Crippen LogP contribution is 2.43. The van der Waals surface area contributed by atoms with E-state index in [0.717, 1.165) is 78.3 Å². The number of nitrogens with one attached hydrogen (secondary N) is 1. The zero-order chi connectivity index (χ0) is 33.6. The van der Waals surface area contributed by atoms with Crippen LogP contribution in [-0.2, 0) is 11.2 Å². The third-order valence-corrected chi connectivity index (χ3v) is 8.44. The number of aromatic nitrogens is 4. The highest BCUT2D eigenvalue weighted by molar-refractivity contribution is 6.32. The fourth-order valence-electron chi connectivity index (χ4n) is 5.95. The van der Waals surface area contributed by atoms with E-state index >= 15 is 0 Å². The molecule has 2 heterocycles. The molecule has 3 aromatic carbocycles. The minimum atomic E-state index is -5.08. The summed E-state index contributed by atoms with van der Waals surface area (Å²) in [6, 6.07) is 21.2. The molecule has 8 nitrogen and oxygen atoms in total. The predicted octanol–water partition coefficient (Wildman–Crippen LogP) is 7.57. The molecule has 2 aliphatic rings. The Bertz CT molecular complexity index is 1710. The van der Waals surface area contributed by atoms with Gasteiger partial charge in [-0.1, -0.05) is 48.0 Å². The van der Waals surface area contributed by atoms with E-state index in [1.54, 1.807) is 0 Å². The topological polar surface area (TPSA) is 104 Å². The van der Waals surface area contributed by atoms with Gasteiger partial charge in [0, 0.05) is 30.2 Å². The maximum Gasteiger partial charge on any atom is 0.490 e. The van der Waals surface area contributed by atoms with E-state index in [2.05, 4.69) is 87.0 Å². The van der Waals surface area contributed by atoms with Gasteiger partial charge >= 0.3 is 12.1 Å². The van der Waals surface area contributed by atoms with Crippen molar-refractivity contribution in [1.82, 2.24) is 25.5 Å². The number of hydrogen-bond donors (Lipinski definition) is 2. The number of carboxylic acids is 1. The highest BCUT2D eigenvalue weighted by Gasteiger charge is 2.38. The lowest BCUT2D eigenvalue weighted by atomic mass is 9.87. The Labute approximate surface area is 274 Å². The number of fused-ring (bicyclic) bond motifs is 1. The highest BCUT2D eigenvalue weighted by atomic mass is 35.5. The number of halogens is 5. The molecule has 13 heteroatoms. The Morgan fingerprint density at radius 1 is 1.06 bits per heavy atom. The number of carboxylic acid groups (broad SMARTS) is 1. The van der Waals surface area contributed by atoms with Gasteiger partial charge in [-0.2, -0.15) is 18.4 Å². The molecule has 0 radical (unpaired) electrons. The Balaban J connectivity index is 0.000000559. The number of H-pyrrole nitrogens is 1. The smallest absolute Gasteiger partial charge is 0.489 e. The van der Waals surface area contributed by atoms with E-state index in [4.69, 9.17) is 26.2 Å². The molecule has 0 unspecified atom stereocenters. The molecular formula is C34H34ClF4N5O3. The molecule has 0 saturated carbocycles. The Kier molecular flexibility index (Phi) is 10.9. The Morgan fingerprint density at radius 3 is 2.45 bits per heavy atom. The van der Waals surface area contributed by atoms with Crippen LogP contribution in [-0.4, -0.2) is 75.2 Å². The van der Waals surface area contributed by atoms with Gasteiger partial charge in [0.2, 0.25) is 5.82 Å². The molecule has 6 rings (SSSR count). The van der Waals surface area contributed by atoms with Crippen molar-refractivity contribution in [2.75, 3.05) is 26.3 Å². The normalized spacial score (nSPS) is 16.7. The van der Waals surface area contributed by atoms with Gasteiger partial charge in [-0.15, -0.1) is 10.2 Å². The number of allylic oxidation sites excluding steroid dienone is 1. The van der Waals surface area contributed by atoms with Crippen molar-refractivity contribution in [2.24, 2.45) is 0 Å². The molecule has 1 aliphatic carbocycles. The summed E-state index contributed by atoms with van der Waals surface area (Å²) in [6.45, 7) is 4.40. The van der Waals surface area contributed by atoms with Gasteiger partial charge in [-0.25, -0.2) is 4.79 Å². The molecular weight excluding hydrogens is 638 g/mol. The number of hydrogen-bond acceptors (Lipinski definition) is 6. The third kappa shape index (κ3) is 8.55. The first kappa shape index (κ1) is 34.1. The maximum absolute atomic E-state index is 12.6. The van der Waals surface area contributed by atoms with Crippen LogP contribution < -0.4 is 4.74 Å². The standard InChI is InChI=1S/C32H33ClFN5O.C2HF3O2/c1-21-6-12-28(30(33)18-21)29-5-2-4-23-19-24(32-35-37-38-36-32)9-13-27(23)31(29)22-7-10-25(11-8-22)40-26-14-17-39(20-26)16-3-15-34;3-2(4,5)1(6)7/h6-13,18-19,26H,2-5,14-17,20H2,1H3,(H,35,36,37,38);(H,6,7)/t26-;/m0./s1. The molecule has 1 aromatic heterocycles. The molecule has 0 spiro atoms. The summed E-state index contributed by atoms with van der Waals surface area (Å²) in [7, 11) is 0. The number of benzene rings is 3. The summed E-state index contributed by atoms with van der Waals surface area (Å²) in [4.78, 5) is 11.2. The van der Waals surface area contributed by atoms with Crippen LogP contribution in [0.2, 0.25) is 5.02 Å². The molecule has 4 aromatic rings. The second kappa shape index (κ2) is 15.1. The summed E-state index contributed by atoms with van der Waals surface area (Å²) in [5.74, 6) is -1.30. The fourth-order valence-corrected chi connectivity index (χ4v) is 6.30. The van der Waals surface area contributed by atoms with Crippen molar-refractivity contribution in [1.29, 1.82) is 0 Å². The molecule has 1 atom stereocenters. The number of ether oxygens (including phenoxy) is 1. The van der Waals surface area contributed by atoms with Crippen LogP contribution in [0.5, 0.6) is 5.75 Å². The summed E-state index contributed by atoms with van der Waals surface area (Å²) < 4.78 is 50.6. The minimum Gasteiger partial charge on any atom is -0.489 e. The lowest BCUT2D eigenvalue weighted by Gasteiger charge is -2.19. The van der Waals surface area contributed by atoms with Gasteiger partial charge in [-0.05, 0) is 107 Å². The Hall–Kier alpha value is -4.29. The van der Waals surface area contributed by atoms with Crippen molar-refractivity contribution in [3.8, 4) is 17.1 Å². The van der Waals surface area contributed by atoms with Crippen LogP contribution >= 0.6 is 11.6 Å². The summed E-state index contributed by atoms with van der Waals surface area (Å²) in [6.07, 6.45) is -0.534. The first-order valence-electron chi connectivity index (χ1n) is 15.3. The van der Waals surface area contributed by atoms with Crippen LogP contribution in [0, 0.1) is 6.92 Å². The lowest BCUT2D eigenvalue weighted by molar-refractivity contribution is -0.192. The Morgan fingerprint density at radius 2 is 1.79 bits per heavy atom. The number of nitrogens with zero attached hydrogens (tertiary/aromatic N) is 4. The SMILES string of the molecule is Cc1ccc(C2=C(c3ccc(O[C@H]4CCN(CCCF)C4)cc3)c3ccc(-c4nn[nH]n4)cc3CCC2)c(Cl)c1.O=C(O)C(F)(F)F. The zero-order valence-electron chi connectivity index (χ0n) is 25.7. The molecule has 1 aliphatic heterocycles. The number of tetrazole rings is 1. The minimum absolute atomic E-state index is 0.133. The largest absolute Gasteiger partial charge is 0.490 e.